The Hall–Kier alpha value is -1.15. The van der Waals surface area contributed by atoms with E-state index in [1.165, 1.54) is 16.4 Å². The first kappa shape index (κ1) is 19.6. The molecule has 2 fully saturated rings. The van der Waals surface area contributed by atoms with E-state index in [0.29, 0.717) is 24.6 Å². The van der Waals surface area contributed by atoms with Crippen molar-refractivity contribution in [3.05, 3.63) is 29.3 Å². The number of rotatable bonds is 5. The minimum absolute atomic E-state index is 0.148. The second-order valence-corrected chi connectivity index (χ2v) is 9.15. The predicted octanol–water partition coefficient (Wildman–Crippen LogP) is 2.57. The van der Waals surface area contributed by atoms with Gasteiger partial charge in [-0.05, 0) is 62.8 Å². The van der Waals surface area contributed by atoms with Gasteiger partial charge in [0.05, 0.1) is 11.0 Å². The normalized spacial score (nSPS) is 24.9. The highest BCUT2D eigenvalue weighted by molar-refractivity contribution is 7.89. The van der Waals surface area contributed by atoms with Crippen LogP contribution in [-0.4, -0.2) is 50.5 Å². The summed E-state index contributed by atoms with van der Waals surface area (Å²) in [7, 11) is -3.83. The van der Waals surface area contributed by atoms with Crippen LogP contribution in [0.25, 0.3) is 0 Å². The Morgan fingerprint density at radius 3 is 2.54 bits per heavy atom. The molecule has 2 aliphatic rings. The first-order valence-corrected chi connectivity index (χ1v) is 11.0. The van der Waals surface area contributed by atoms with Gasteiger partial charge in [0, 0.05) is 24.7 Å². The zero-order chi connectivity index (χ0) is 18.6. The van der Waals surface area contributed by atoms with Crippen molar-refractivity contribution >= 4 is 27.5 Å². The summed E-state index contributed by atoms with van der Waals surface area (Å²) in [5, 5.41) is 3.31. The van der Waals surface area contributed by atoms with E-state index in [-0.39, 0.29) is 23.5 Å². The average molecular weight is 401 g/mol. The van der Waals surface area contributed by atoms with Crippen molar-refractivity contribution in [3.8, 4) is 0 Å². The van der Waals surface area contributed by atoms with E-state index in [1.807, 2.05) is 0 Å². The molecule has 1 aromatic carbocycles. The molecule has 0 saturated carbocycles. The summed E-state index contributed by atoms with van der Waals surface area (Å²) >= 11 is 5.90. The Morgan fingerprint density at radius 1 is 1.12 bits per heavy atom. The van der Waals surface area contributed by atoms with Gasteiger partial charge in [0.25, 0.3) is 0 Å². The van der Waals surface area contributed by atoms with Crippen molar-refractivity contribution < 1.29 is 17.9 Å². The summed E-state index contributed by atoms with van der Waals surface area (Å²) in [6.07, 6.45) is 4.81. The first-order valence-electron chi connectivity index (χ1n) is 9.15. The number of ether oxygens (including phenoxy) is 1. The van der Waals surface area contributed by atoms with Crippen LogP contribution in [0.4, 0.5) is 0 Å². The molecule has 1 amide bonds. The van der Waals surface area contributed by atoms with Gasteiger partial charge in [-0.3, -0.25) is 4.79 Å². The van der Waals surface area contributed by atoms with Crippen LogP contribution >= 0.6 is 11.6 Å². The molecule has 6 nitrogen and oxygen atoms in total. The molecule has 1 N–H and O–H groups in total. The lowest BCUT2D eigenvalue weighted by Crippen LogP contribution is -2.51. The molecule has 3 rings (SSSR count). The van der Waals surface area contributed by atoms with E-state index in [2.05, 4.69) is 5.32 Å². The van der Waals surface area contributed by atoms with Crippen LogP contribution in [0.2, 0.25) is 5.02 Å². The van der Waals surface area contributed by atoms with Gasteiger partial charge in [-0.15, -0.1) is 0 Å². The Bertz CT molecular complexity index is 717. The van der Waals surface area contributed by atoms with Crippen molar-refractivity contribution in [2.24, 2.45) is 0 Å². The second kappa shape index (κ2) is 8.69. The van der Waals surface area contributed by atoms with Gasteiger partial charge in [0.15, 0.2) is 0 Å². The first-order chi connectivity index (χ1) is 12.5. The van der Waals surface area contributed by atoms with Crippen LogP contribution in [0.5, 0.6) is 0 Å². The molecule has 0 aromatic heterocycles. The van der Waals surface area contributed by atoms with Crippen LogP contribution in [0, 0.1) is 0 Å². The van der Waals surface area contributed by atoms with Crippen molar-refractivity contribution in [1.82, 2.24) is 9.62 Å². The second-order valence-electron chi connectivity index (χ2n) is 6.82. The van der Waals surface area contributed by atoms with Crippen LogP contribution in [0.15, 0.2) is 29.2 Å². The topological polar surface area (TPSA) is 75.7 Å². The number of amides is 1. The third kappa shape index (κ3) is 4.57. The van der Waals surface area contributed by atoms with Crippen LogP contribution in [-0.2, 0) is 19.6 Å². The maximum Gasteiger partial charge on any atom is 0.243 e. The lowest BCUT2D eigenvalue weighted by atomic mass is 10.1. The molecular weight excluding hydrogens is 376 g/mol. The van der Waals surface area contributed by atoms with Gasteiger partial charge in [-0.1, -0.05) is 11.6 Å². The lowest BCUT2D eigenvalue weighted by Gasteiger charge is -2.33. The van der Waals surface area contributed by atoms with Crippen LogP contribution < -0.4 is 5.32 Å². The maximum atomic E-state index is 13.3. The number of halogens is 1. The molecule has 0 radical (unpaired) electrons. The SMILES string of the molecule is O=C1NCCCCC1N(CC1CCCCO1)S(=O)(=O)c1ccc(Cl)cc1. The fourth-order valence-corrected chi connectivity index (χ4v) is 5.26. The molecule has 8 heteroatoms. The molecule has 1 aromatic rings. The summed E-state index contributed by atoms with van der Waals surface area (Å²) in [6.45, 7) is 1.42. The van der Waals surface area contributed by atoms with Crippen molar-refractivity contribution in [1.29, 1.82) is 0 Å². The standard InChI is InChI=1S/C18H25ClN2O4S/c19-14-7-9-16(10-8-14)26(23,24)21(13-15-5-2-4-12-25-15)17-6-1-3-11-20-18(17)22/h7-10,15,17H,1-6,11-13H2,(H,20,22). The molecule has 0 spiro atoms. The fraction of sp³-hybridized carbons (Fsp3) is 0.611. The number of benzene rings is 1. The third-order valence-electron chi connectivity index (χ3n) is 4.93. The summed E-state index contributed by atoms with van der Waals surface area (Å²) in [5.41, 5.74) is 0. The van der Waals surface area contributed by atoms with E-state index in [1.54, 1.807) is 12.1 Å². The fourth-order valence-electron chi connectivity index (χ4n) is 3.48. The quantitative estimate of drug-likeness (QED) is 0.824. The summed E-state index contributed by atoms with van der Waals surface area (Å²) in [5.74, 6) is -0.226. The minimum Gasteiger partial charge on any atom is -0.377 e. The number of hydrogen-bond acceptors (Lipinski definition) is 4. The number of nitrogens with one attached hydrogen (secondary N) is 1. The zero-order valence-corrected chi connectivity index (χ0v) is 16.3. The highest BCUT2D eigenvalue weighted by Gasteiger charge is 2.38. The Morgan fingerprint density at radius 2 is 1.85 bits per heavy atom. The highest BCUT2D eigenvalue weighted by Crippen LogP contribution is 2.26. The average Bonchev–Trinajstić information content (AvgIpc) is 2.85. The molecule has 2 unspecified atom stereocenters. The van der Waals surface area contributed by atoms with Gasteiger partial charge in [0.1, 0.15) is 6.04 Å². The Kier molecular flexibility index (Phi) is 6.55. The van der Waals surface area contributed by atoms with Gasteiger partial charge in [0.2, 0.25) is 15.9 Å². The molecular formula is C18H25ClN2O4S. The molecule has 144 valence electrons. The molecule has 0 aliphatic carbocycles. The summed E-state index contributed by atoms with van der Waals surface area (Å²) < 4.78 is 33.7. The van der Waals surface area contributed by atoms with E-state index in [9.17, 15) is 13.2 Å². The van der Waals surface area contributed by atoms with E-state index < -0.39 is 16.1 Å². The van der Waals surface area contributed by atoms with Crippen LogP contribution in [0.1, 0.15) is 38.5 Å². The Balaban J connectivity index is 1.92. The van der Waals surface area contributed by atoms with Crippen LogP contribution in [0.3, 0.4) is 0 Å². The highest BCUT2D eigenvalue weighted by atomic mass is 35.5. The van der Waals surface area contributed by atoms with Crippen molar-refractivity contribution in [2.45, 2.75) is 55.6 Å². The lowest BCUT2D eigenvalue weighted by molar-refractivity contribution is -0.125. The molecule has 0 bridgehead atoms. The molecule has 2 atom stereocenters. The summed E-state index contributed by atoms with van der Waals surface area (Å²) in [6, 6.07) is 5.37. The summed E-state index contributed by atoms with van der Waals surface area (Å²) in [4.78, 5) is 12.7. The minimum atomic E-state index is -3.83. The van der Waals surface area contributed by atoms with E-state index in [0.717, 1.165) is 32.1 Å². The molecule has 2 heterocycles. The molecule has 2 saturated heterocycles. The number of sulfonamides is 1. The van der Waals surface area contributed by atoms with Crippen molar-refractivity contribution in [2.75, 3.05) is 19.7 Å². The number of nitrogens with zero attached hydrogens (tertiary/aromatic N) is 1. The number of hydrogen-bond donors (Lipinski definition) is 1. The molecule has 2 aliphatic heterocycles. The van der Waals surface area contributed by atoms with Crippen molar-refractivity contribution in [3.63, 3.8) is 0 Å². The van der Waals surface area contributed by atoms with E-state index in [4.69, 9.17) is 16.3 Å². The van der Waals surface area contributed by atoms with Gasteiger partial charge < -0.3 is 10.1 Å². The van der Waals surface area contributed by atoms with E-state index >= 15 is 0 Å². The largest absolute Gasteiger partial charge is 0.377 e. The number of carbonyl (C=O) groups is 1. The predicted molar refractivity (Wildman–Crippen MR) is 99.6 cm³/mol. The monoisotopic (exact) mass is 400 g/mol. The zero-order valence-electron chi connectivity index (χ0n) is 14.7. The van der Waals surface area contributed by atoms with Gasteiger partial charge >= 0.3 is 0 Å². The molecule has 26 heavy (non-hydrogen) atoms. The third-order valence-corrected chi connectivity index (χ3v) is 7.07. The maximum absolute atomic E-state index is 13.3. The number of carbonyl (C=O) groups excluding carboxylic acids is 1. The van der Waals surface area contributed by atoms with Gasteiger partial charge in [-0.2, -0.15) is 4.31 Å². The Labute approximate surface area is 159 Å². The smallest absolute Gasteiger partial charge is 0.243 e. The van der Waals surface area contributed by atoms with Gasteiger partial charge in [-0.25, -0.2) is 8.42 Å².